The first kappa shape index (κ1) is 15.8. The Morgan fingerprint density at radius 1 is 1.33 bits per heavy atom. The standard InChI is InChI=1S/C21H28N2O/c1-4-15-14-23(3)12-10-16(15)13-20(23)21(24)18-9-11-22(2)19-8-6-5-7-17(18)19/h4-9,11,15-16,20-21,24H,1,10,12-14H2,2-3H3/q+2/t15-,16-,20+,21-,23?/m0/s1. The van der Waals surface area contributed by atoms with Crippen LogP contribution in [-0.4, -0.2) is 35.8 Å². The number of aliphatic hydroxyl groups excluding tert-OH is 1. The van der Waals surface area contributed by atoms with E-state index in [-0.39, 0.29) is 6.04 Å². The second-order valence-corrected chi connectivity index (χ2v) is 7.98. The first-order valence-electron chi connectivity index (χ1n) is 9.05. The molecule has 3 nitrogen and oxygen atoms in total. The lowest BCUT2D eigenvalue weighted by Crippen LogP contribution is -2.66. The van der Waals surface area contributed by atoms with Gasteiger partial charge in [0.25, 0.3) is 0 Å². The van der Waals surface area contributed by atoms with Crippen molar-refractivity contribution in [2.75, 3.05) is 20.1 Å². The number of hydrogen-bond donors (Lipinski definition) is 1. The van der Waals surface area contributed by atoms with Crippen LogP contribution in [0.4, 0.5) is 0 Å². The van der Waals surface area contributed by atoms with Gasteiger partial charge in [-0.1, -0.05) is 18.2 Å². The largest absolute Gasteiger partial charge is 0.382 e. The normalized spacial score (nSPS) is 33.5. The SMILES string of the molecule is C=C[C@H]1C[N+]2(C)CC[C@H]1C[C@@H]2[C@@H](O)c1cc[n+](C)c2ccccc12. The molecule has 3 aliphatic rings. The molecule has 1 unspecified atom stereocenters. The number of benzene rings is 1. The van der Waals surface area contributed by atoms with Crippen LogP contribution in [0.15, 0.2) is 49.2 Å². The Labute approximate surface area is 144 Å². The highest BCUT2D eigenvalue weighted by molar-refractivity contribution is 5.79. The maximum Gasteiger partial charge on any atom is 0.212 e. The number of fused-ring (bicyclic) bond motifs is 4. The number of para-hydroxylation sites is 1. The van der Waals surface area contributed by atoms with Gasteiger partial charge in [-0.3, -0.25) is 0 Å². The van der Waals surface area contributed by atoms with E-state index in [1.54, 1.807) is 0 Å². The molecule has 0 amide bonds. The topological polar surface area (TPSA) is 24.1 Å². The number of pyridine rings is 1. The van der Waals surface area contributed by atoms with Gasteiger partial charge >= 0.3 is 0 Å². The van der Waals surface area contributed by atoms with Crippen LogP contribution in [0.2, 0.25) is 0 Å². The zero-order valence-electron chi connectivity index (χ0n) is 14.7. The fourth-order valence-corrected chi connectivity index (χ4v) is 5.14. The Balaban J connectivity index is 1.74. The van der Waals surface area contributed by atoms with Gasteiger partial charge < -0.3 is 9.59 Å². The van der Waals surface area contributed by atoms with Crippen LogP contribution >= 0.6 is 0 Å². The number of nitrogens with zero attached hydrogens (tertiary/aromatic N) is 2. The molecule has 1 N–H and O–H groups in total. The van der Waals surface area contributed by atoms with Crippen molar-refractivity contribution in [2.24, 2.45) is 18.9 Å². The molecule has 3 heteroatoms. The fraction of sp³-hybridized carbons (Fsp3) is 0.476. The van der Waals surface area contributed by atoms with Crippen LogP contribution in [0.1, 0.15) is 24.5 Å². The molecule has 1 aromatic carbocycles. The van der Waals surface area contributed by atoms with E-state index in [4.69, 9.17) is 0 Å². The summed E-state index contributed by atoms with van der Waals surface area (Å²) in [6, 6.07) is 10.8. The molecule has 0 spiro atoms. The summed E-state index contributed by atoms with van der Waals surface area (Å²) in [4.78, 5) is 0. The highest BCUT2D eigenvalue weighted by Gasteiger charge is 2.51. The highest BCUT2D eigenvalue weighted by atomic mass is 16.3. The van der Waals surface area contributed by atoms with Gasteiger partial charge in [0.15, 0.2) is 6.20 Å². The van der Waals surface area contributed by atoms with Gasteiger partial charge in [0, 0.05) is 36.5 Å². The summed E-state index contributed by atoms with van der Waals surface area (Å²) in [6.07, 6.45) is 6.17. The number of likely N-dealkylation sites (N-methyl/N-ethyl adjacent to an activating group) is 1. The zero-order valence-corrected chi connectivity index (χ0v) is 14.7. The number of rotatable bonds is 3. The molecule has 4 heterocycles. The van der Waals surface area contributed by atoms with Crippen molar-refractivity contribution in [3.8, 4) is 0 Å². The molecule has 0 aliphatic carbocycles. The van der Waals surface area contributed by atoms with E-state index in [1.807, 2.05) is 0 Å². The van der Waals surface area contributed by atoms with Gasteiger partial charge in [0.05, 0.1) is 25.5 Å². The van der Waals surface area contributed by atoms with E-state index in [0.717, 1.165) is 23.0 Å². The predicted octanol–water partition coefficient (Wildman–Crippen LogP) is 2.74. The molecule has 24 heavy (non-hydrogen) atoms. The molecule has 3 aliphatic heterocycles. The summed E-state index contributed by atoms with van der Waals surface area (Å²) in [5.74, 6) is 1.30. The number of aliphatic hydroxyl groups is 1. The molecule has 2 bridgehead atoms. The Hall–Kier alpha value is -1.71. The van der Waals surface area contributed by atoms with Crippen LogP contribution in [-0.2, 0) is 7.05 Å². The summed E-state index contributed by atoms with van der Waals surface area (Å²) in [6.45, 7) is 6.33. The van der Waals surface area contributed by atoms with Gasteiger partial charge in [-0.05, 0) is 12.0 Å². The van der Waals surface area contributed by atoms with Gasteiger partial charge in [-0.2, -0.15) is 0 Å². The van der Waals surface area contributed by atoms with Gasteiger partial charge in [-0.15, -0.1) is 6.58 Å². The third-order valence-corrected chi connectivity index (χ3v) is 6.65. The minimum Gasteiger partial charge on any atom is -0.382 e. The molecular weight excluding hydrogens is 296 g/mol. The molecule has 3 fully saturated rings. The van der Waals surface area contributed by atoms with Crippen LogP contribution in [0.5, 0.6) is 0 Å². The zero-order chi connectivity index (χ0) is 16.9. The summed E-state index contributed by atoms with van der Waals surface area (Å²) >= 11 is 0. The van der Waals surface area contributed by atoms with E-state index in [0.29, 0.717) is 11.8 Å². The molecule has 2 aromatic rings. The Morgan fingerprint density at radius 2 is 2.12 bits per heavy atom. The van der Waals surface area contributed by atoms with Crippen LogP contribution in [0, 0.1) is 11.8 Å². The lowest BCUT2D eigenvalue weighted by Gasteiger charge is -2.56. The maximum absolute atomic E-state index is 11.3. The molecular formula is C21H28N2O+2. The van der Waals surface area contributed by atoms with E-state index in [9.17, 15) is 5.11 Å². The number of piperidine rings is 3. The predicted molar refractivity (Wildman–Crippen MR) is 96.2 cm³/mol. The Morgan fingerprint density at radius 3 is 2.88 bits per heavy atom. The highest BCUT2D eigenvalue weighted by Crippen LogP contribution is 2.45. The molecule has 0 radical (unpaired) electrons. The smallest absolute Gasteiger partial charge is 0.212 e. The van der Waals surface area contributed by atoms with Crippen molar-refractivity contribution in [2.45, 2.75) is 25.0 Å². The van der Waals surface area contributed by atoms with Crippen molar-refractivity contribution >= 4 is 10.9 Å². The monoisotopic (exact) mass is 324 g/mol. The van der Waals surface area contributed by atoms with E-state index in [1.165, 1.54) is 23.9 Å². The second kappa shape index (κ2) is 5.68. The first-order chi connectivity index (χ1) is 11.5. The maximum atomic E-state index is 11.3. The molecule has 3 saturated heterocycles. The van der Waals surface area contributed by atoms with Crippen LogP contribution < -0.4 is 4.57 Å². The molecule has 5 atom stereocenters. The molecule has 126 valence electrons. The summed E-state index contributed by atoms with van der Waals surface area (Å²) in [5, 5.41) is 12.5. The number of aryl methyl sites for hydroxylation is 1. The van der Waals surface area contributed by atoms with Gasteiger partial charge in [-0.25, -0.2) is 4.57 Å². The van der Waals surface area contributed by atoms with Crippen molar-refractivity contribution in [3.63, 3.8) is 0 Å². The van der Waals surface area contributed by atoms with Crippen molar-refractivity contribution < 1.29 is 14.2 Å². The average Bonchev–Trinajstić information content (AvgIpc) is 2.61. The Bertz CT molecular complexity index is 787. The number of aromatic nitrogens is 1. The van der Waals surface area contributed by atoms with Gasteiger partial charge in [0.2, 0.25) is 5.52 Å². The van der Waals surface area contributed by atoms with Crippen molar-refractivity contribution in [1.82, 2.24) is 0 Å². The van der Waals surface area contributed by atoms with Gasteiger partial charge in [0.1, 0.15) is 19.2 Å². The van der Waals surface area contributed by atoms with E-state index < -0.39 is 6.10 Å². The minimum absolute atomic E-state index is 0.288. The second-order valence-electron chi connectivity index (χ2n) is 7.98. The lowest BCUT2D eigenvalue weighted by atomic mass is 9.72. The minimum atomic E-state index is -0.408. The van der Waals surface area contributed by atoms with E-state index >= 15 is 0 Å². The summed E-state index contributed by atoms with van der Waals surface area (Å²) < 4.78 is 3.10. The summed E-state index contributed by atoms with van der Waals surface area (Å²) in [7, 11) is 4.39. The number of quaternary nitrogens is 1. The van der Waals surface area contributed by atoms with Crippen molar-refractivity contribution in [3.05, 3.63) is 54.7 Å². The molecule has 1 aromatic heterocycles. The average molecular weight is 324 g/mol. The van der Waals surface area contributed by atoms with Crippen LogP contribution in [0.3, 0.4) is 0 Å². The quantitative estimate of drug-likeness (QED) is 0.524. The first-order valence-corrected chi connectivity index (χ1v) is 9.05. The third-order valence-electron chi connectivity index (χ3n) is 6.65. The fourth-order valence-electron chi connectivity index (χ4n) is 5.14. The molecule has 5 rings (SSSR count). The third kappa shape index (κ3) is 2.30. The van der Waals surface area contributed by atoms with E-state index in [2.05, 4.69) is 67.8 Å². The summed E-state index contributed by atoms with van der Waals surface area (Å²) in [5.41, 5.74) is 2.26. The number of hydrogen-bond acceptors (Lipinski definition) is 1. The Kier molecular flexibility index (Phi) is 3.74. The van der Waals surface area contributed by atoms with Crippen molar-refractivity contribution in [1.29, 1.82) is 0 Å². The van der Waals surface area contributed by atoms with Crippen LogP contribution in [0.25, 0.3) is 10.9 Å². The molecule has 0 saturated carbocycles. The lowest BCUT2D eigenvalue weighted by molar-refractivity contribution is -0.956.